The quantitative estimate of drug-likeness (QED) is 0.339. The lowest BCUT2D eigenvalue weighted by atomic mass is 9.97. The van der Waals surface area contributed by atoms with Gasteiger partial charge in [0.15, 0.2) is 5.96 Å². The van der Waals surface area contributed by atoms with Gasteiger partial charge in [0.2, 0.25) is 0 Å². The maximum atomic E-state index is 11.5. The van der Waals surface area contributed by atoms with Gasteiger partial charge in [-0.15, -0.1) is 35.3 Å². The number of likely N-dealkylation sites (tertiary alicyclic amines) is 1. The number of aromatic nitrogens is 1. The molecule has 1 fully saturated rings. The number of ether oxygens (including phenoxy) is 1. The van der Waals surface area contributed by atoms with Crippen LogP contribution in [0.25, 0.3) is 0 Å². The lowest BCUT2D eigenvalue weighted by molar-refractivity contribution is -0.146. The number of thiazole rings is 1. The summed E-state index contributed by atoms with van der Waals surface area (Å²) in [6.07, 6.45) is 1.62. The molecule has 1 aromatic rings. The number of nitrogens with zero attached hydrogens (tertiary/aromatic N) is 3. The largest absolute Gasteiger partial charge is 0.469 e. The molecule has 0 bridgehead atoms. The number of aryl methyl sites for hydroxylation is 1. The molecule has 0 aromatic carbocycles. The van der Waals surface area contributed by atoms with Crippen LogP contribution in [0, 0.1) is 12.8 Å². The van der Waals surface area contributed by atoms with Gasteiger partial charge in [0, 0.05) is 25.0 Å². The third kappa shape index (κ3) is 4.80. The van der Waals surface area contributed by atoms with Crippen molar-refractivity contribution in [2.75, 3.05) is 27.2 Å². The highest BCUT2D eigenvalue weighted by Gasteiger charge is 2.26. The van der Waals surface area contributed by atoms with E-state index in [1.165, 1.54) is 12.0 Å². The van der Waals surface area contributed by atoms with Crippen LogP contribution >= 0.6 is 35.3 Å². The van der Waals surface area contributed by atoms with Gasteiger partial charge in [-0.05, 0) is 19.8 Å². The molecule has 1 aromatic heterocycles. The molecule has 1 saturated heterocycles. The van der Waals surface area contributed by atoms with Gasteiger partial charge < -0.3 is 15.0 Å². The van der Waals surface area contributed by atoms with E-state index in [-0.39, 0.29) is 35.9 Å². The normalized spacial score (nSPS) is 16.1. The standard InChI is InChI=1S/C14H22N4O2S.HI/c1-10-12(21-9-17-10)8-16-14(15-2)18-6-4-11(5-7-18)13(19)20-3;/h9,11H,4-8H2,1-3H3,(H,15,16);1H. The number of nitrogens with one attached hydrogen (secondary N) is 1. The SMILES string of the molecule is CN=C(NCc1scnc1C)N1CCC(C(=O)OC)CC1.I. The molecule has 0 amide bonds. The highest BCUT2D eigenvalue weighted by atomic mass is 127. The molecule has 0 unspecified atom stereocenters. The molecule has 0 aliphatic carbocycles. The van der Waals surface area contributed by atoms with Crippen LogP contribution in [0.4, 0.5) is 0 Å². The molecule has 8 heteroatoms. The van der Waals surface area contributed by atoms with Crippen molar-refractivity contribution in [1.29, 1.82) is 0 Å². The number of hydrogen-bond acceptors (Lipinski definition) is 5. The molecule has 0 spiro atoms. The van der Waals surface area contributed by atoms with Crippen molar-refractivity contribution in [2.24, 2.45) is 10.9 Å². The summed E-state index contributed by atoms with van der Waals surface area (Å²) >= 11 is 1.65. The van der Waals surface area contributed by atoms with Crippen LogP contribution in [-0.4, -0.2) is 49.1 Å². The maximum Gasteiger partial charge on any atom is 0.308 e. The zero-order valence-electron chi connectivity index (χ0n) is 13.2. The molecular weight excluding hydrogens is 415 g/mol. The smallest absolute Gasteiger partial charge is 0.308 e. The Morgan fingerprint density at radius 2 is 2.23 bits per heavy atom. The zero-order chi connectivity index (χ0) is 15.2. The van der Waals surface area contributed by atoms with E-state index in [1.54, 1.807) is 18.4 Å². The van der Waals surface area contributed by atoms with Crippen molar-refractivity contribution < 1.29 is 9.53 Å². The second-order valence-corrected chi connectivity index (χ2v) is 5.99. The highest BCUT2D eigenvalue weighted by molar-refractivity contribution is 14.0. The number of methoxy groups -OCH3 is 1. The first kappa shape index (κ1) is 19.1. The molecular formula is C14H23IN4O2S. The summed E-state index contributed by atoms with van der Waals surface area (Å²) in [6, 6.07) is 0. The third-order valence-electron chi connectivity index (χ3n) is 3.79. The van der Waals surface area contributed by atoms with Crippen molar-refractivity contribution in [2.45, 2.75) is 26.3 Å². The van der Waals surface area contributed by atoms with E-state index in [0.717, 1.165) is 44.1 Å². The number of halogens is 1. The fourth-order valence-corrected chi connectivity index (χ4v) is 3.20. The molecule has 124 valence electrons. The van der Waals surface area contributed by atoms with E-state index in [9.17, 15) is 4.79 Å². The molecule has 22 heavy (non-hydrogen) atoms. The number of esters is 1. The summed E-state index contributed by atoms with van der Waals surface area (Å²) in [6.45, 7) is 4.39. The zero-order valence-corrected chi connectivity index (χ0v) is 16.3. The molecule has 0 radical (unpaired) electrons. The number of rotatable bonds is 3. The molecule has 1 aliphatic rings. The van der Waals surface area contributed by atoms with E-state index < -0.39 is 0 Å². The van der Waals surface area contributed by atoms with Gasteiger partial charge in [-0.1, -0.05) is 0 Å². The lowest BCUT2D eigenvalue weighted by Gasteiger charge is -2.33. The van der Waals surface area contributed by atoms with Gasteiger partial charge in [-0.2, -0.15) is 0 Å². The van der Waals surface area contributed by atoms with Crippen LogP contribution in [0.5, 0.6) is 0 Å². The van der Waals surface area contributed by atoms with Crippen LogP contribution in [-0.2, 0) is 16.1 Å². The van der Waals surface area contributed by atoms with Gasteiger partial charge in [0.1, 0.15) is 0 Å². The van der Waals surface area contributed by atoms with Crippen molar-refractivity contribution in [3.63, 3.8) is 0 Å². The number of carbonyl (C=O) groups excluding carboxylic acids is 1. The minimum atomic E-state index is -0.0992. The van der Waals surface area contributed by atoms with Crippen LogP contribution in [0.2, 0.25) is 0 Å². The molecule has 1 aliphatic heterocycles. The Hall–Kier alpha value is -0.900. The maximum absolute atomic E-state index is 11.5. The third-order valence-corrected chi connectivity index (χ3v) is 4.73. The van der Waals surface area contributed by atoms with Gasteiger partial charge >= 0.3 is 5.97 Å². The summed E-state index contributed by atoms with van der Waals surface area (Å²) in [5, 5.41) is 3.37. The summed E-state index contributed by atoms with van der Waals surface area (Å²) < 4.78 is 4.81. The first-order valence-corrected chi connectivity index (χ1v) is 7.96. The van der Waals surface area contributed by atoms with Gasteiger partial charge in [0.05, 0.1) is 30.8 Å². The van der Waals surface area contributed by atoms with E-state index in [0.29, 0.717) is 0 Å². The molecule has 0 saturated carbocycles. The predicted octanol–water partition coefficient (Wildman–Crippen LogP) is 2.03. The Morgan fingerprint density at radius 1 is 1.55 bits per heavy atom. The van der Waals surface area contributed by atoms with Gasteiger partial charge in [0.25, 0.3) is 0 Å². The minimum absolute atomic E-state index is 0. The first-order chi connectivity index (χ1) is 10.2. The Labute approximate surface area is 152 Å². The molecule has 2 rings (SSSR count). The fraction of sp³-hybridized carbons (Fsp3) is 0.643. The Morgan fingerprint density at radius 3 is 2.73 bits per heavy atom. The molecule has 6 nitrogen and oxygen atoms in total. The Balaban J connectivity index is 0.00000242. The summed E-state index contributed by atoms with van der Waals surface area (Å²) in [4.78, 5) is 23.5. The average molecular weight is 438 g/mol. The van der Waals surface area contributed by atoms with Crippen LogP contribution in [0.1, 0.15) is 23.4 Å². The van der Waals surface area contributed by atoms with Crippen molar-refractivity contribution in [3.05, 3.63) is 16.1 Å². The number of aliphatic imine (C=N–C) groups is 1. The second kappa shape index (κ2) is 9.29. The highest BCUT2D eigenvalue weighted by Crippen LogP contribution is 2.19. The number of hydrogen-bond donors (Lipinski definition) is 1. The van der Waals surface area contributed by atoms with Crippen molar-refractivity contribution in [3.8, 4) is 0 Å². The van der Waals surface area contributed by atoms with Crippen molar-refractivity contribution in [1.82, 2.24) is 15.2 Å². The Kier molecular flexibility index (Phi) is 8.08. The molecule has 2 heterocycles. The number of guanidine groups is 1. The first-order valence-electron chi connectivity index (χ1n) is 7.08. The second-order valence-electron chi connectivity index (χ2n) is 5.05. The van der Waals surface area contributed by atoms with Gasteiger partial charge in [-0.25, -0.2) is 4.98 Å². The Bertz CT molecular complexity index is 513. The summed E-state index contributed by atoms with van der Waals surface area (Å²) in [5.74, 6) is 0.803. The monoisotopic (exact) mass is 438 g/mol. The minimum Gasteiger partial charge on any atom is -0.469 e. The predicted molar refractivity (Wildman–Crippen MR) is 98.8 cm³/mol. The molecule has 0 atom stereocenters. The average Bonchev–Trinajstić information content (AvgIpc) is 2.93. The lowest BCUT2D eigenvalue weighted by Crippen LogP contribution is -2.46. The number of carbonyl (C=O) groups is 1. The van der Waals surface area contributed by atoms with Crippen molar-refractivity contribution >= 4 is 47.2 Å². The van der Waals surface area contributed by atoms with E-state index in [1.807, 2.05) is 12.4 Å². The van der Waals surface area contributed by atoms with E-state index >= 15 is 0 Å². The van der Waals surface area contributed by atoms with Crippen LogP contribution < -0.4 is 5.32 Å². The molecule has 1 N–H and O–H groups in total. The van der Waals surface area contributed by atoms with E-state index in [4.69, 9.17) is 4.74 Å². The summed E-state index contributed by atoms with van der Waals surface area (Å²) in [7, 11) is 3.24. The van der Waals surface area contributed by atoms with E-state index in [2.05, 4.69) is 20.2 Å². The van der Waals surface area contributed by atoms with Gasteiger partial charge in [-0.3, -0.25) is 9.79 Å². The number of piperidine rings is 1. The topological polar surface area (TPSA) is 66.8 Å². The van der Waals surface area contributed by atoms with Crippen LogP contribution in [0.15, 0.2) is 10.5 Å². The van der Waals surface area contributed by atoms with Crippen LogP contribution in [0.3, 0.4) is 0 Å². The summed E-state index contributed by atoms with van der Waals surface area (Å²) in [5.41, 5.74) is 2.92. The fourth-order valence-electron chi connectivity index (χ4n) is 2.48.